The van der Waals surface area contributed by atoms with Crippen LogP contribution in [0.15, 0.2) is 40.7 Å². The lowest BCUT2D eigenvalue weighted by atomic mass is 9.88. The van der Waals surface area contributed by atoms with Crippen LogP contribution in [0.3, 0.4) is 0 Å². The van der Waals surface area contributed by atoms with E-state index in [1.54, 1.807) is 0 Å². The summed E-state index contributed by atoms with van der Waals surface area (Å²) in [6.07, 6.45) is 7.32. The molecule has 1 fully saturated rings. The highest BCUT2D eigenvalue weighted by atomic mass is 127. The number of nitrogens with zero attached hydrogens (tertiary/aromatic N) is 2. The third kappa shape index (κ3) is 4.89. The van der Waals surface area contributed by atoms with Crippen molar-refractivity contribution in [3.8, 4) is 0 Å². The van der Waals surface area contributed by atoms with Crippen LogP contribution in [0, 0.1) is 5.92 Å². The van der Waals surface area contributed by atoms with Gasteiger partial charge in [-0.25, -0.2) is 0 Å². The smallest absolute Gasteiger partial charge is 0.193 e. The van der Waals surface area contributed by atoms with E-state index in [0.29, 0.717) is 17.9 Å². The summed E-state index contributed by atoms with van der Waals surface area (Å²) < 4.78 is 0. The molecule has 2 heterocycles. The van der Waals surface area contributed by atoms with E-state index in [-0.39, 0.29) is 24.0 Å². The number of hydrogen-bond donors (Lipinski definition) is 2. The minimum Gasteiger partial charge on any atom is -0.370 e. The van der Waals surface area contributed by atoms with E-state index < -0.39 is 0 Å². The zero-order chi connectivity index (χ0) is 18.6. The van der Waals surface area contributed by atoms with Crippen LogP contribution in [-0.4, -0.2) is 31.0 Å². The number of halogens is 1. The summed E-state index contributed by atoms with van der Waals surface area (Å²) in [7, 11) is 2.23. The van der Waals surface area contributed by atoms with Crippen LogP contribution in [0.2, 0.25) is 0 Å². The fourth-order valence-electron chi connectivity index (χ4n) is 4.65. The Bertz CT molecular complexity index is 790. The fraction of sp³-hybridized carbons (Fsp3) is 0.500. The fourth-order valence-corrected chi connectivity index (χ4v) is 5.63. The Labute approximate surface area is 189 Å². The SMILES string of the molecule is CN1CCCC(CN=C(N)Nc2cccc3c2CCCC3)C1c1cccs1.I. The summed E-state index contributed by atoms with van der Waals surface area (Å²) >= 11 is 1.85. The molecule has 4 rings (SSSR count). The van der Waals surface area contributed by atoms with Gasteiger partial charge in [-0.2, -0.15) is 0 Å². The van der Waals surface area contributed by atoms with E-state index >= 15 is 0 Å². The maximum atomic E-state index is 6.28. The zero-order valence-electron chi connectivity index (χ0n) is 16.6. The highest BCUT2D eigenvalue weighted by Gasteiger charge is 2.31. The molecule has 2 aliphatic rings. The number of aryl methyl sites for hydroxylation is 1. The van der Waals surface area contributed by atoms with Gasteiger partial charge in [0.15, 0.2) is 5.96 Å². The average Bonchev–Trinajstić information content (AvgIpc) is 3.21. The number of fused-ring (bicyclic) bond motifs is 1. The normalized spacial score (nSPS) is 23.0. The number of nitrogens with two attached hydrogens (primary N) is 1. The molecule has 0 radical (unpaired) electrons. The van der Waals surface area contributed by atoms with Crippen LogP contribution in [0.4, 0.5) is 5.69 Å². The Morgan fingerprint density at radius 1 is 1.21 bits per heavy atom. The van der Waals surface area contributed by atoms with Gasteiger partial charge in [0, 0.05) is 23.2 Å². The van der Waals surface area contributed by atoms with Crippen LogP contribution in [0.25, 0.3) is 0 Å². The maximum absolute atomic E-state index is 6.28. The minimum atomic E-state index is 0. The Balaban J connectivity index is 0.00000225. The standard InChI is InChI=1S/C22H30N4S.HI/c1-26-13-5-9-17(21(26)20-12-6-14-27-20)15-24-22(23)25-19-11-4-8-16-7-2-3-10-18(16)19;/h4,6,8,11-12,14,17,21H,2-3,5,7,9-10,13,15H2,1H3,(H3,23,24,25);1H. The first kappa shape index (κ1) is 21.6. The van der Waals surface area contributed by atoms with Gasteiger partial charge < -0.3 is 11.1 Å². The van der Waals surface area contributed by atoms with E-state index in [1.807, 2.05) is 11.3 Å². The van der Waals surface area contributed by atoms with Gasteiger partial charge in [0.05, 0.1) is 0 Å². The largest absolute Gasteiger partial charge is 0.370 e. The number of anilines is 1. The minimum absolute atomic E-state index is 0. The molecule has 1 saturated heterocycles. The number of likely N-dealkylation sites (tertiary alicyclic amines) is 1. The number of rotatable bonds is 4. The van der Waals surface area contributed by atoms with Gasteiger partial charge >= 0.3 is 0 Å². The first-order chi connectivity index (χ1) is 13.2. The van der Waals surface area contributed by atoms with E-state index in [4.69, 9.17) is 10.7 Å². The summed E-state index contributed by atoms with van der Waals surface area (Å²) in [4.78, 5) is 8.67. The molecule has 4 nitrogen and oxygen atoms in total. The Hall–Kier alpha value is -1.12. The van der Waals surface area contributed by atoms with Crippen molar-refractivity contribution in [1.82, 2.24) is 4.90 Å². The molecule has 1 aromatic heterocycles. The van der Waals surface area contributed by atoms with Gasteiger partial charge in [-0.05, 0) is 86.7 Å². The lowest BCUT2D eigenvalue weighted by Crippen LogP contribution is -2.37. The van der Waals surface area contributed by atoms with Crippen LogP contribution >= 0.6 is 35.3 Å². The molecule has 1 aliphatic carbocycles. The third-order valence-electron chi connectivity index (χ3n) is 6.00. The van der Waals surface area contributed by atoms with Gasteiger partial charge in [-0.15, -0.1) is 35.3 Å². The van der Waals surface area contributed by atoms with Crippen molar-refractivity contribution in [2.24, 2.45) is 16.6 Å². The molecule has 3 N–H and O–H groups in total. The predicted octanol–water partition coefficient (Wildman–Crippen LogP) is 5.05. The molecule has 2 unspecified atom stereocenters. The second-order valence-corrected chi connectivity index (χ2v) is 8.82. The Kier molecular flexibility index (Phi) is 7.77. The molecular formula is C22H31IN4S. The number of guanidine groups is 1. The summed E-state index contributed by atoms with van der Waals surface area (Å²) in [5, 5.41) is 5.56. The zero-order valence-corrected chi connectivity index (χ0v) is 19.7. The summed E-state index contributed by atoms with van der Waals surface area (Å²) in [5.74, 6) is 1.07. The lowest BCUT2D eigenvalue weighted by Gasteiger charge is -2.38. The van der Waals surface area contributed by atoms with Crippen molar-refractivity contribution in [2.45, 2.75) is 44.6 Å². The average molecular weight is 510 g/mol. The van der Waals surface area contributed by atoms with Crippen molar-refractivity contribution >= 4 is 47.0 Å². The van der Waals surface area contributed by atoms with Gasteiger partial charge in [0.1, 0.15) is 0 Å². The van der Waals surface area contributed by atoms with Crippen LogP contribution < -0.4 is 11.1 Å². The monoisotopic (exact) mass is 510 g/mol. The van der Waals surface area contributed by atoms with E-state index in [9.17, 15) is 0 Å². The number of nitrogens with one attached hydrogen (secondary N) is 1. The van der Waals surface area contributed by atoms with Crippen molar-refractivity contribution < 1.29 is 0 Å². The number of aliphatic imine (C=N–C) groups is 1. The molecule has 2 atom stereocenters. The van der Waals surface area contributed by atoms with E-state index in [1.165, 1.54) is 48.1 Å². The second kappa shape index (κ2) is 10.1. The molecule has 1 aliphatic heterocycles. The van der Waals surface area contributed by atoms with Gasteiger partial charge in [0.2, 0.25) is 0 Å². The second-order valence-electron chi connectivity index (χ2n) is 7.84. The topological polar surface area (TPSA) is 53.6 Å². The molecule has 28 heavy (non-hydrogen) atoms. The van der Waals surface area contributed by atoms with Crippen molar-refractivity contribution in [2.75, 3.05) is 25.5 Å². The Morgan fingerprint density at radius 2 is 2.07 bits per heavy atom. The van der Waals surface area contributed by atoms with Crippen molar-refractivity contribution in [3.63, 3.8) is 0 Å². The predicted molar refractivity (Wildman–Crippen MR) is 131 cm³/mol. The van der Waals surface area contributed by atoms with E-state index in [0.717, 1.165) is 25.2 Å². The number of piperidine rings is 1. The summed E-state index contributed by atoms with van der Waals surface area (Å²) in [6.45, 7) is 1.94. The number of benzene rings is 1. The first-order valence-corrected chi connectivity index (χ1v) is 11.0. The molecule has 0 bridgehead atoms. The molecular weight excluding hydrogens is 479 g/mol. The maximum Gasteiger partial charge on any atom is 0.193 e. The summed E-state index contributed by atoms with van der Waals surface area (Å²) in [5.41, 5.74) is 10.3. The van der Waals surface area contributed by atoms with Crippen molar-refractivity contribution in [3.05, 3.63) is 51.7 Å². The van der Waals surface area contributed by atoms with Gasteiger partial charge in [0.25, 0.3) is 0 Å². The van der Waals surface area contributed by atoms with Gasteiger partial charge in [-0.1, -0.05) is 18.2 Å². The highest BCUT2D eigenvalue weighted by molar-refractivity contribution is 14.0. The highest BCUT2D eigenvalue weighted by Crippen LogP contribution is 2.37. The first-order valence-electron chi connectivity index (χ1n) is 10.1. The summed E-state index contributed by atoms with van der Waals surface area (Å²) in [6, 6.07) is 11.4. The number of hydrogen-bond acceptors (Lipinski definition) is 3. The van der Waals surface area contributed by atoms with Gasteiger partial charge in [-0.3, -0.25) is 9.89 Å². The lowest BCUT2D eigenvalue weighted by molar-refractivity contribution is 0.128. The van der Waals surface area contributed by atoms with E-state index in [2.05, 4.69) is 53.0 Å². The van der Waals surface area contributed by atoms with Crippen LogP contribution in [0.1, 0.15) is 47.7 Å². The molecule has 0 saturated carbocycles. The van der Waals surface area contributed by atoms with Crippen LogP contribution in [0.5, 0.6) is 0 Å². The quantitative estimate of drug-likeness (QED) is 0.344. The molecule has 6 heteroatoms. The Morgan fingerprint density at radius 3 is 2.89 bits per heavy atom. The molecule has 1 aromatic carbocycles. The molecule has 0 spiro atoms. The molecule has 2 aromatic rings. The number of thiophene rings is 1. The third-order valence-corrected chi connectivity index (χ3v) is 6.94. The van der Waals surface area contributed by atoms with Crippen LogP contribution in [-0.2, 0) is 12.8 Å². The molecule has 152 valence electrons. The molecule has 0 amide bonds. The van der Waals surface area contributed by atoms with Crippen molar-refractivity contribution in [1.29, 1.82) is 0 Å².